The molecule has 0 unspecified atom stereocenters. The van der Waals surface area contributed by atoms with Gasteiger partial charge in [0.15, 0.2) is 5.96 Å². The first-order chi connectivity index (χ1) is 9.74. The molecule has 0 saturated heterocycles. The highest BCUT2D eigenvalue weighted by molar-refractivity contribution is 7.88. The summed E-state index contributed by atoms with van der Waals surface area (Å²) in [7, 11) is -1.72. The highest BCUT2D eigenvalue weighted by Gasteiger charge is 2.22. The number of aliphatic imine (C=N–C) groups is 1. The van der Waals surface area contributed by atoms with Gasteiger partial charge in [-0.15, -0.1) is 0 Å². The number of hydrogen-bond donors (Lipinski definition) is 4. The molecule has 8 nitrogen and oxygen atoms in total. The zero-order valence-electron chi connectivity index (χ0n) is 14.5. The summed E-state index contributed by atoms with van der Waals surface area (Å²) in [5.74, 6) is 0.274. The predicted octanol–water partition coefficient (Wildman–Crippen LogP) is -0.606. The topological polar surface area (TPSA) is 112 Å². The summed E-state index contributed by atoms with van der Waals surface area (Å²) in [5, 5.41) is 8.69. The number of nitrogens with zero attached hydrogens (tertiary/aromatic N) is 1. The summed E-state index contributed by atoms with van der Waals surface area (Å²) in [6, 6.07) is 0. The molecule has 0 bridgehead atoms. The highest BCUT2D eigenvalue weighted by Crippen LogP contribution is 2.01. The first-order valence-electron chi connectivity index (χ1n) is 6.98. The fourth-order valence-corrected chi connectivity index (χ4v) is 2.77. The Morgan fingerprint density at radius 2 is 1.64 bits per heavy atom. The van der Waals surface area contributed by atoms with Crippen LogP contribution in [-0.4, -0.2) is 57.8 Å². The standard InChI is InChI=1S/C13H29N5O3S/c1-12(2,3)17-10(19)8-15-11(14-6)16-9-13(4,5)18-22(7,20)21/h18H,8-9H2,1-7H3,(H,17,19)(H2,14,15,16). The Hall–Kier alpha value is -1.35. The molecule has 0 aromatic heterocycles. The van der Waals surface area contributed by atoms with Crippen molar-refractivity contribution < 1.29 is 13.2 Å². The molecule has 0 aliphatic rings. The van der Waals surface area contributed by atoms with Gasteiger partial charge in [-0.05, 0) is 34.6 Å². The Morgan fingerprint density at radius 3 is 2.05 bits per heavy atom. The lowest BCUT2D eigenvalue weighted by molar-refractivity contribution is -0.121. The van der Waals surface area contributed by atoms with Gasteiger partial charge in [-0.25, -0.2) is 13.1 Å². The van der Waals surface area contributed by atoms with Crippen molar-refractivity contribution in [2.75, 3.05) is 26.4 Å². The van der Waals surface area contributed by atoms with Gasteiger partial charge in [0.2, 0.25) is 15.9 Å². The van der Waals surface area contributed by atoms with E-state index in [2.05, 4.69) is 25.7 Å². The number of carbonyl (C=O) groups is 1. The molecule has 130 valence electrons. The van der Waals surface area contributed by atoms with Gasteiger partial charge < -0.3 is 16.0 Å². The summed E-state index contributed by atoms with van der Waals surface area (Å²) in [6.07, 6.45) is 1.11. The van der Waals surface area contributed by atoms with Crippen molar-refractivity contribution in [3.8, 4) is 0 Å². The van der Waals surface area contributed by atoms with Crippen LogP contribution < -0.4 is 20.7 Å². The number of rotatable bonds is 6. The average Bonchev–Trinajstić information content (AvgIpc) is 2.23. The van der Waals surface area contributed by atoms with Crippen molar-refractivity contribution in [1.29, 1.82) is 0 Å². The molecular weight excluding hydrogens is 306 g/mol. The molecule has 0 radical (unpaired) electrons. The number of hydrogen-bond acceptors (Lipinski definition) is 4. The van der Waals surface area contributed by atoms with E-state index in [1.807, 2.05) is 20.8 Å². The quantitative estimate of drug-likeness (QED) is 0.382. The monoisotopic (exact) mass is 335 g/mol. The van der Waals surface area contributed by atoms with Gasteiger partial charge in [0.05, 0.1) is 12.8 Å². The number of guanidine groups is 1. The molecule has 0 aromatic carbocycles. The lowest BCUT2D eigenvalue weighted by Crippen LogP contribution is -2.54. The second-order valence-corrected chi connectivity index (χ2v) is 8.58. The second-order valence-electron chi connectivity index (χ2n) is 6.84. The average molecular weight is 335 g/mol. The summed E-state index contributed by atoms with van der Waals surface area (Å²) in [6.45, 7) is 9.60. The number of amides is 1. The molecule has 0 saturated carbocycles. The normalized spacial score (nSPS) is 13.7. The van der Waals surface area contributed by atoms with E-state index in [1.54, 1.807) is 20.9 Å². The molecule has 0 rings (SSSR count). The van der Waals surface area contributed by atoms with Crippen LogP contribution in [0, 0.1) is 0 Å². The molecule has 22 heavy (non-hydrogen) atoms. The van der Waals surface area contributed by atoms with Gasteiger partial charge >= 0.3 is 0 Å². The Kier molecular flexibility index (Phi) is 7.30. The molecule has 1 amide bonds. The molecule has 9 heteroatoms. The largest absolute Gasteiger partial charge is 0.355 e. The van der Waals surface area contributed by atoms with E-state index in [-0.39, 0.29) is 18.0 Å². The van der Waals surface area contributed by atoms with E-state index in [9.17, 15) is 13.2 Å². The SMILES string of the molecule is CN=C(NCC(=O)NC(C)(C)C)NCC(C)(C)NS(C)(=O)=O. The van der Waals surface area contributed by atoms with Crippen LogP contribution in [0.15, 0.2) is 4.99 Å². The minimum Gasteiger partial charge on any atom is -0.355 e. The van der Waals surface area contributed by atoms with Gasteiger partial charge in [-0.1, -0.05) is 0 Å². The van der Waals surface area contributed by atoms with Crippen molar-refractivity contribution >= 4 is 21.9 Å². The molecule has 0 heterocycles. The Morgan fingerprint density at radius 1 is 1.09 bits per heavy atom. The Bertz CT molecular complexity index is 506. The summed E-state index contributed by atoms with van der Waals surface area (Å²) >= 11 is 0. The molecule has 0 aliphatic carbocycles. The predicted molar refractivity (Wildman–Crippen MR) is 89.3 cm³/mol. The third-order valence-electron chi connectivity index (χ3n) is 2.31. The molecule has 4 N–H and O–H groups in total. The van der Waals surface area contributed by atoms with Crippen molar-refractivity contribution in [3.05, 3.63) is 0 Å². The fourth-order valence-electron chi connectivity index (χ4n) is 1.69. The van der Waals surface area contributed by atoms with Gasteiger partial charge in [-0.3, -0.25) is 9.79 Å². The van der Waals surface area contributed by atoms with Crippen molar-refractivity contribution in [2.24, 2.45) is 4.99 Å². The smallest absolute Gasteiger partial charge is 0.239 e. The lowest BCUT2D eigenvalue weighted by Gasteiger charge is -2.26. The number of nitrogens with one attached hydrogen (secondary N) is 4. The van der Waals surface area contributed by atoms with E-state index >= 15 is 0 Å². The second kappa shape index (κ2) is 7.77. The van der Waals surface area contributed by atoms with Crippen LogP contribution in [-0.2, 0) is 14.8 Å². The summed E-state index contributed by atoms with van der Waals surface area (Å²) < 4.78 is 25.1. The lowest BCUT2D eigenvalue weighted by atomic mass is 10.1. The van der Waals surface area contributed by atoms with E-state index in [1.165, 1.54) is 0 Å². The van der Waals surface area contributed by atoms with E-state index in [0.717, 1.165) is 6.26 Å². The third-order valence-corrected chi connectivity index (χ3v) is 3.24. The number of sulfonamides is 1. The number of carbonyl (C=O) groups excluding carboxylic acids is 1. The first kappa shape index (κ1) is 20.6. The molecule has 0 aliphatic heterocycles. The molecule has 0 fully saturated rings. The molecular formula is C13H29N5O3S. The van der Waals surface area contributed by atoms with Crippen molar-refractivity contribution in [3.63, 3.8) is 0 Å². The van der Waals surface area contributed by atoms with Gasteiger partial charge in [0.25, 0.3) is 0 Å². The van der Waals surface area contributed by atoms with Crippen molar-refractivity contribution in [1.82, 2.24) is 20.7 Å². The van der Waals surface area contributed by atoms with Crippen LogP contribution in [0.5, 0.6) is 0 Å². The minimum atomic E-state index is -3.30. The Balaban J connectivity index is 4.38. The van der Waals surface area contributed by atoms with E-state index in [0.29, 0.717) is 12.5 Å². The van der Waals surface area contributed by atoms with Crippen molar-refractivity contribution in [2.45, 2.75) is 45.7 Å². The maximum absolute atomic E-state index is 11.7. The van der Waals surface area contributed by atoms with Crippen LogP contribution in [0.3, 0.4) is 0 Å². The third kappa shape index (κ3) is 11.3. The summed E-state index contributed by atoms with van der Waals surface area (Å²) in [5.41, 5.74) is -0.976. The minimum absolute atomic E-state index is 0.0802. The highest BCUT2D eigenvalue weighted by atomic mass is 32.2. The van der Waals surface area contributed by atoms with Crippen LogP contribution in [0.1, 0.15) is 34.6 Å². The van der Waals surface area contributed by atoms with Gasteiger partial charge in [0.1, 0.15) is 0 Å². The maximum Gasteiger partial charge on any atom is 0.239 e. The van der Waals surface area contributed by atoms with Gasteiger partial charge in [-0.2, -0.15) is 0 Å². The zero-order valence-corrected chi connectivity index (χ0v) is 15.3. The zero-order chi connectivity index (χ0) is 17.6. The van der Waals surface area contributed by atoms with Crippen LogP contribution in [0.2, 0.25) is 0 Å². The summed E-state index contributed by atoms with van der Waals surface area (Å²) in [4.78, 5) is 15.7. The molecule has 0 spiro atoms. The van der Waals surface area contributed by atoms with Crippen LogP contribution in [0.25, 0.3) is 0 Å². The maximum atomic E-state index is 11.7. The Labute approximate surface area is 133 Å². The van der Waals surface area contributed by atoms with E-state index < -0.39 is 15.6 Å². The van der Waals surface area contributed by atoms with Crippen LogP contribution >= 0.6 is 0 Å². The molecule has 0 aromatic rings. The van der Waals surface area contributed by atoms with E-state index in [4.69, 9.17) is 0 Å². The van der Waals surface area contributed by atoms with Crippen LogP contribution in [0.4, 0.5) is 0 Å². The molecule has 0 atom stereocenters. The van der Waals surface area contributed by atoms with Gasteiger partial charge in [0, 0.05) is 24.7 Å². The fraction of sp³-hybridized carbons (Fsp3) is 0.846. The first-order valence-corrected chi connectivity index (χ1v) is 8.88.